The molecule has 0 aliphatic heterocycles. The van der Waals surface area contributed by atoms with Gasteiger partial charge < -0.3 is 14.8 Å². The zero-order valence-corrected chi connectivity index (χ0v) is 15.5. The van der Waals surface area contributed by atoms with Crippen LogP contribution in [-0.4, -0.2) is 20.1 Å². The zero-order valence-electron chi connectivity index (χ0n) is 15.5. The molecule has 0 aliphatic carbocycles. The van der Waals surface area contributed by atoms with Crippen LogP contribution in [-0.2, 0) is 11.2 Å². The van der Waals surface area contributed by atoms with E-state index >= 15 is 0 Å². The van der Waals surface area contributed by atoms with Gasteiger partial charge in [-0.05, 0) is 29.3 Å². The smallest absolute Gasteiger partial charge is 0.225 e. The number of para-hydroxylation sites is 1. The molecule has 0 bridgehead atoms. The molecule has 3 aromatic rings. The van der Waals surface area contributed by atoms with Crippen molar-refractivity contribution in [3.63, 3.8) is 0 Å². The quantitative estimate of drug-likeness (QED) is 0.688. The van der Waals surface area contributed by atoms with Crippen LogP contribution in [0.5, 0.6) is 11.5 Å². The molecule has 0 saturated heterocycles. The minimum atomic E-state index is -0.237. The summed E-state index contributed by atoms with van der Waals surface area (Å²) in [6.45, 7) is 0. The number of hydrogen-bond acceptors (Lipinski definition) is 3. The number of rotatable bonds is 7. The van der Waals surface area contributed by atoms with E-state index in [0.717, 1.165) is 22.4 Å². The maximum atomic E-state index is 12.8. The van der Waals surface area contributed by atoms with Crippen LogP contribution < -0.4 is 14.8 Å². The number of benzene rings is 3. The van der Waals surface area contributed by atoms with Gasteiger partial charge in [-0.1, -0.05) is 60.7 Å². The van der Waals surface area contributed by atoms with Crippen molar-refractivity contribution in [2.45, 2.75) is 12.5 Å². The second-order valence-corrected chi connectivity index (χ2v) is 6.17. The molecular weight excluding hydrogens is 338 g/mol. The van der Waals surface area contributed by atoms with Crippen LogP contribution in [0.1, 0.15) is 22.7 Å². The lowest BCUT2D eigenvalue weighted by Crippen LogP contribution is -2.30. The van der Waals surface area contributed by atoms with Crippen LogP contribution in [0, 0.1) is 0 Å². The highest BCUT2D eigenvalue weighted by Gasteiger charge is 2.18. The van der Waals surface area contributed by atoms with Crippen molar-refractivity contribution in [1.82, 2.24) is 5.32 Å². The summed E-state index contributed by atoms with van der Waals surface area (Å²) >= 11 is 0. The summed E-state index contributed by atoms with van der Waals surface area (Å²) in [4.78, 5) is 12.8. The molecule has 1 N–H and O–H groups in total. The Hall–Kier alpha value is -3.27. The first kappa shape index (κ1) is 18.5. The van der Waals surface area contributed by atoms with Gasteiger partial charge in [0, 0.05) is 5.56 Å². The van der Waals surface area contributed by atoms with Crippen molar-refractivity contribution in [2.24, 2.45) is 0 Å². The molecule has 4 nitrogen and oxygen atoms in total. The molecule has 1 amide bonds. The number of ether oxygens (including phenoxy) is 2. The van der Waals surface area contributed by atoms with Crippen LogP contribution in [0.2, 0.25) is 0 Å². The van der Waals surface area contributed by atoms with Crippen LogP contribution in [0.3, 0.4) is 0 Å². The monoisotopic (exact) mass is 361 g/mol. The summed E-state index contributed by atoms with van der Waals surface area (Å²) in [5.74, 6) is 1.43. The minimum Gasteiger partial charge on any atom is -0.497 e. The number of amides is 1. The lowest BCUT2D eigenvalue weighted by atomic mass is 9.98. The van der Waals surface area contributed by atoms with Gasteiger partial charge in [0.05, 0.1) is 26.7 Å². The first-order valence-corrected chi connectivity index (χ1v) is 8.81. The van der Waals surface area contributed by atoms with Crippen molar-refractivity contribution in [3.05, 3.63) is 95.6 Å². The average molecular weight is 361 g/mol. The molecule has 0 fully saturated rings. The van der Waals surface area contributed by atoms with E-state index in [2.05, 4.69) is 5.32 Å². The molecule has 0 saturated carbocycles. The number of carbonyl (C=O) groups is 1. The van der Waals surface area contributed by atoms with Gasteiger partial charge in [0.2, 0.25) is 5.91 Å². The fourth-order valence-corrected chi connectivity index (χ4v) is 3.03. The van der Waals surface area contributed by atoms with Gasteiger partial charge in [0.1, 0.15) is 11.5 Å². The Morgan fingerprint density at radius 3 is 2.11 bits per heavy atom. The first-order chi connectivity index (χ1) is 13.2. The fraction of sp³-hybridized carbons (Fsp3) is 0.174. The number of carbonyl (C=O) groups excluding carboxylic acids is 1. The lowest BCUT2D eigenvalue weighted by molar-refractivity contribution is -0.121. The summed E-state index contributed by atoms with van der Waals surface area (Å²) in [7, 11) is 3.25. The Bertz CT molecular complexity index is 876. The van der Waals surface area contributed by atoms with Gasteiger partial charge in [0.15, 0.2) is 0 Å². The molecule has 0 spiro atoms. The molecular formula is C23H23NO3. The van der Waals surface area contributed by atoms with Crippen LogP contribution in [0.15, 0.2) is 78.9 Å². The van der Waals surface area contributed by atoms with E-state index in [4.69, 9.17) is 9.47 Å². The van der Waals surface area contributed by atoms with Gasteiger partial charge in [-0.2, -0.15) is 0 Å². The molecule has 27 heavy (non-hydrogen) atoms. The topological polar surface area (TPSA) is 47.6 Å². The summed E-state index contributed by atoms with van der Waals surface area (Å²) in [6, 6.07) is 25.0. The second-order valence-electron chi connectivity index (χ2n) is 6.17. The van der Waals surface area contributed by atoms with Gasteiger partial charge in [-0.15, -0.1) is 0 Å². The lowest BCUT2D eigenvalue weighted by Gasteiger charge is -2.20. The average Bonchev–Trinajstić information content (AvgIpc) is 2.73. The van der Waals surface area contributed by atoms with Crippen LogP contribution in [0.25, 0.3) is 0 Å². The van der Waals surface area contributed by atoms with E-state index in [9.17, 15) is 4.79 Å². The number of hydrogen-bond donors (Lipinski definition) is 1. The predicted octanol–water partition coefficient (Wildman–Crippen LogP) is 4.15. The third-order valence-electron chi connectivity index (χ3n) is 4.43. The van der Waals surface area contributed by atoms with Crippen molar-refractivity contribution in [2.75, 3.05) is 14.2 Å². The van der Waals surface area contributed by atoms with Crippen molar-refractivity contribution < 1.29 is 14.3 Å². The molecule has 0 radical (unpaired) electrons. The molecule has 0 heterocycles. The fourth-order valence-electron chi connectivity index (χ4n) is 3.03. The molecule has 0 aromatic heterocycles. The summed E-state index contributed by atoms with van der Waals surface area (Å²) < 4.78 is 10.6. The second kappa shape index (κ2) is 8.90. The SMILES string of the molecule is COc1ccc(C(NC(=O)Cc2ccccc2OC)c2ccccc2)cc1. The molecule has 138 valence electrons. The molecule has 4 heteroatoms. The van der Waals surface area contributed by atoms with Crippen LogP contribution >= 0.6 is 0 Å². The molecule has 1 unspecified atom stereocenters. The summed E-state index contributed by atoms with van der Waals surface area (Å²) in [6.07, 6.45) is 0.253. The minimum absolute atomic E-state index is 0.0656. The molecule has 3 rings (SSSR count). The first-order valence-electron chi connectivity index (χ1n) is 8.81. The Morgan fingerprint density at radius 1 is 0.815 bits per heavy atom. The van der Waals surface area contributed by atoms with Crippen molar-refractivity contribution >= 4 is 5.91 Å². The van der Waals surface area contributed by atoms with Gasteiger partial charge in [-0.25, -0.2) is 0 Å². The number of methoxy groups -OCH3 is 2. The van der Waals surface area contributed by atoms with E-state index in [-0.39, 0.29) is 18.4 Å². The Labute approximate surface area is 159 Å². The van der Waals surface area contributed by atoms with Crippen LogP contribution in [0.4, 0.5) is 0 Å². The van der Waals surface area contributed by atoms with E-state index < -0.39 is 0 Å². The maximum Gasteiger partial charge on any atom is 0.225 e. The Kier molecular flexibility index (Phi) is 6.10. The largest absolute Gasteiger partial charge is 0.497 e. The van der Waals surface area contributed by atoms with E-state index in [1.807, 2.05) is 78.9 Å². The highest BCUT2D eigenvalue weighted by Crippen LogP contribution is 2.25. The molecule has 0 aliphatic rings. The standard InChI is InChI=1S/C23H23NO3/c1-26-20-14-12-18(13-15-20)23(17-8-4-3-5-9-17)24-22(25)16-19-10-6-7-11-21(19)27-2/h3-15,23H,16H2,1-2H3,(H,24,25). The number of nitrogens with one attached hydrogen (secondary N) is 1. The molecule has 1 atom stereocenters. The van der Waals surface area contributed by atoms with Gasteiger partial charge >= 0.3 is 0 Å². The normalized spacial score (nSPS) is 11.5. The van der Waals surface area contributed by atoms with Gasteiger partial charge in [-0.3, -0.25) is 4.79 Å². The Balaban J connectivity index is 1.83. The predicted molar refractivity (Wildman–Crippen MR) is 106 cm³/mol. The summed E-state index contributed by atoms with van der Waals surface area (Å²) in [5, 5.41) is 3.15. The molecule has 3 aromatic carbocycles. The maximum absolute atomic E-state index is 12.8. The highest BCUT2D eigenvalue weighted by atomic mass is 16.5. The third kappa shape index (κ3) is 4.67. The van der Waals surface area contributed by atoms with Gasteiger partial charge in [0.25, 0.3) is 0 Å². The highest BCUT2D eigenvalue weighted by molar-refractivity contribution is 5.80. The Morgan fingerprint density at radius 2 is 1.44 bits per heavy atom. The van der Waals surface area contributed by atoms with Crippen molar-refractivity contribution in [3.8, 4) is 11.5 Å². The van der Waals surface area contributed by atoms with E-state index in [0.29, 0.717) is 5.75 Å². The zero-order chi connectivity index (χ0) is 19.1. The van der Waals surface area contributed by atoms with E-state index in [1.165, 1.54) is 0 Å². The third-order valence-corrected chi connectivity index (χ3v) is 4.43. The van der Waals surface area contributed by atoms with E-state index in [1.54, 1.807) is 14.2 Å². The summed E-state index contributed by atoms with van der Waals surface area (Å²) in [5.41, 5.74) is 2.88. The van der Waals surface area contributed by atoms with Crippen molar-refractivity contribution in [1.29, 1.82) is 0 Å².